The number of carboxylic acids is 1. The highest BCUT2D eigenvalue weighted by molar-refractivity contribution is 5.74. The molecule has 1 aromatic rings. The Balaban J connectivity index is 1.76. The van der Waals surface area contributed by atoms with Gasteiger partial charge in [0.15, 0.2) is 0 Å². The van der Waals surface area contributed by atoms with E-state index in [1.54, 1.807) is 16.8 Å². The molecule has 2 rings (SSSR count). The number of ether oxygens (including phenoxy) is 2. The minimum absolute atomic E-state index is 0.0557. The van der Waals surface area contributed by atoms with Gasteiger partial charge in [0.2, 0.25) is 0 Å². The maximum atomic E-state index is 12.4. The number of nitrogens with one attached hydrogen (secondary N) is 1. The monoisotopic (exact) mass is 379 g/mol. The zero-order chi connectivity index (χ0) is 19.8. The molecule has 2 atom stereocenters. The second-order valence-corrected chi connectivity index (χ2v) is 6.91. The molecule has 0 aliphatic carbocycles. The van der Waals surface area contributed by atoms with E-state index >= 15 is 0 Å². The van der Waals surface area contributed by atoms with Crippen molar-refractivity contribution in [2.24, 2.45) is 0 Å². The topological polar surface area (TPSA) is 91.3 Å². The minimum Gasteiger partial charge on any atom is -0.489 e. The molecule has 0 saturated carbocycles. The Morgan fingerprint density at radius 1 is 1.44 bits per heavy atom. The lowest BCUT2D eigenvalue weighted by Crippen LogP contribution is -2.53. The molecule has 8 nitrogen and oxygen atoms in total. The molecule has 0 aromatic heterocycles. The van der Waals surface area contributed by atoms with Gasteiger partial charge in [-0.1, -0.05) is 18.2 Å². The van der Waals surface area contributed by atoms with Gasteiger partial charge in [-0.25, -0.2) is 4.79 Å². The molecule has 1 fully saturated rings. The highest BCUT2D eigenvalue weighted by Crippen LogP contribution is 2.17. The summed E-state index contributed by atoms with van der Waals surface area (Å²) in [6.45, 7) is 6.08. The Kier molecular flexibility index (Phi) is 7.87. The van der Waals surface area contributed by atoms with Crippen molar-refractivity contribution in [1.29, 1.82) is 0 Å². The van der Waals surface area contributed by atoms with Crippen LogP contribution in [0, 0.1) is 6.92 Å². The van der Waals surface area contributed by atoms with Gasteiger partial charge < -0.3 is 24.8 Å². The third-order valence-corrected chi connectivity index (χ3v) is 4.31. The summed E-state index contributed by atoms with van der Waals surface area (Å²) in [5.41, 5.74) is 1.05. The first-order valence-electron chi connectivity index (χ1n) is 9.12. The molecule has 27 heavy (non-hydrogen) atoms. The third-order valence-electron chi connectivity index (χ3n) is 4.31. The maximum absolute atomic E-state index is 12.4. The lowest BCUT2D eigenvalue weighted by atomic mass is 10.2. The standard InChI is InChI=1S/C19H29N3O5/c1-14-6-4-5-7-17(14)27-15(2)10-20-19(25)22-8-9-26-16(12-22)11-21(3)13-18(23)24/h4-7,15-16H,8-13H2,1-3H3,(H,20,25)(H,23,24). The van der Waals surface area contributed by atoms with Crippen LogP contribution in [0.4, 0.5) is 4.79 Å². The van der Waals surface area contributed by atoms with E-state index < -0.39 is 5.97 Å². The lowest BCUT2D eigenvalue weighted by Gasteiger charge is -2.34. The van der Waals surface area contributed by atoms with Crippen molar-refractivity contribution in [1.82, 2.24) is 15.1 Å². The van der Waals surface area contributed by atoms with Gasteiger partial charge in [0.25, 0.3) is 0 Å². The molecule has 1 aromatic carbocycles. The van der Waals surface area contributed by atoms with Gasteiger partial charge in [-0.2, -0.15) is 0 Å². The average Bonchev–Trinajstić information content (AvgIpc) is 2.61. The van der Waals surface area contributed by atoms with Gasteiger partial charge in [0.1, 0.15) is 11.9 Å². The van der Waals surface area contributed by atoms with E-state index in [1.165, 1.54) is 0 Å². The Labute approximate surface area is 160 Å². The number of morpholine rings is 1. The number of aliphatic carboxylic acids is 1. The smallest absolute Gasteiger partial charge is 0.317 e. The van der Waals surface area contributed by atoms with Crippen molar-refractivity contribution in [2.45, 2.75) is 26.1 Å². The predicted molar refractivity (Wildman–Crippen MR) is 101 cm³/mol. The number of para-hydroxylation sites is 1. The van der Waals surface area contributed by atoms with Gasteiger partial charge in [-0.05, 0) is 32.5 Å². The molecule has 8 heteroatoms. The van der Waals surface area contributed by atoms with E-state index in [-0.39, 0.29) is 24.8 Å². The fourth-order valence-corrected chi connectivity index (χ4v) is 2.95. The quantitative estimate of drug-likeness (QED) is 0.705. The van der Waals surface area contributed by atoms with Crippen LogP contribution in [0.15, 0.2) is 24.3 Å². The first-order valence-corrected chi connectivity index (χ1v) is 9.12. The number of hydrogen-bond acceptors (Lipinski definition) is 5. The first kappa shape index (κ1) is 21.0. The number of rotatable bonds is 8. The summed E-state index contributed by atoms with van der Waals surface area (Å²) < 4.78 is 11.5. The molecule has 2 amide bonds. The summed E-state index contributed by atoms with van der Waals surface area (Å²) in [5.74, 6) is -0.0716. The molecule has 2 unspecified atom stereocenters. The SMILES string of the molecule is Cc1ccccc1OC(C)CNC(=O)N1CCOC(CN(C)CC(=O)O)C1. The van der Waals surface area contributed by atoms with Crippen LogP contribution in [0.5, 0.6) is 5.75 Å². The molecule has 0 radical (unpaired) electrons. The van der Waals surface area contributed by atoms with Crippen LogP contribution in [-0.4, -0.2) is 85.5 Å². The van der Waals surface area contributed by atoms with Crippen molar-refractivity contribution in [3.8, 4) is 5.75 Å². The maximum Gasteiger partial charge on any atom is 0.317 e. The number of hydrogen-bond donors (Lipinski definition) is 2. The molecule has 0 bridgehead atoms. The normalized spacial score (nSPS) is 18.2. The number of likely N-dealkylation sites (N-methyl/N-ethyl adjacent to an activating group) is 1. The number of carbonyl (C=O) groups excluding carboxylic acids is 1. The van der Waals surface area contributed by atoms with E-state index in [2.05, 4.69) is 5.32 Å². The van der Waals surface area contributed by atoms with Gasteiger partial charge in [0, 0.05) is 19.6 Å². The van der Waals surface area contributed by atoms with E-state index in [1.807, 2.05) is 38.1 Å². The van der Waals surface area contributed by atoms with Crippen LogP contribution in [0.1, 0.15) is 12.5 Å². The molecule has 1 aliphatic rings. The van der Waals surface area contributed by atoms with Crippen LogP contribution < -0.4 is 10.1 Å². The van der Waals surface area contributed by atoms with Gasteiger partial charge in [0.05, 0.1) is 25.8 Å². The van der Waals surface area contributed by atoms with Gasteiger partial charge in [-0.3, -0.25) is 9.69 Å². The van der Waals surface area contributed by atoms with Crippen LogP contribution in [0.3, 0.4) is 0 Å². The number of amides is 2. The summed E-state index contributed by atoms with van der Waals surface area (Å²) >= 11 is 0. The highest BCUT2D eigenvalue weighted by Gasteiger charge is 2.25. The van der Waals surface area contributed by atoms with Crippen molar-refractivity contribution >= 4 is 12.0 Å². The summed E-state index contributed by atoms with van der Waals surface area (Å²) in [4.78, 5) is 26.6. The molecule has 1 aliphatic heterocycles. The van der Waals surface area contributed by atoms with Crippen molar-refractivity contribution in [2.75, 3.05) is 46.4 Å². The number of carboxylic acid groups (broad SMARTS) is 1. The van der Waals surface area contributed by atoms with Gasteiger partial charge in [-0.15, -0.1) is 0 Å². The second kappa shape index (κ2) is 10.1. The number of nitrogens with zero attached hydrogens (tertiary/aromatic N) is 2. The van der Waals surface area contributed by atoms with Crippen LogP contribution in [0.2, 0.25) is 0 Å². The largest absolute Gasteiger partial charge is 0.489 e. The Morgan fingerprint density at radius 2 is 2.19 bits per heavy atom. The molecule has 0 spiro atoms. The third kappa shape index (κ3) is 7.07. The van der Waals surface area contributed by atoms with E-state index in [4.69, 9.17) is 14.6 Å². The van der Waals surface area contributed by atoms with Crippen LogP contribution in [0.25, 0.3) is 0 Å². The number of urea groups is 1. The molecule has 2 N–H and O–H groups in total. The van der Waals surface area contributed by atoms with Crippen molar-refractivity contribution < 1.29 is 24.2 Å². The zero-order valence-electron chi connectivity index (χ0n) is 16.2. The Bertz CT molecular complexity index is 640. The van der Waals surface area contributed by atoms with Gasteiger partial charge >= 0.3 is 12.0 Å². The second-order valence-electron chi connectivity index (χ2n) is 6.91. The lowest BCUT2D eigenvalue weighted by molar-refractivity contribution is -0.138. The molecule has 1 heterocycles. The fourth-order valence-electron chi connectivity index (χ4n) is 2.95. The molecular formula is C19H29N3O5. The van der Waals surface area contributed by atoms with E-state index in [0.717, 1.165) is 11.3 Å². The molecule has 1 saturated heterocycles. The number of benzene rings is 1. The van der Waals surface area contributed by atoms with Crippen LogP contribution >= 0.6 is 0 Å². The first-order chi connectivity index (χ1) is 12.8. The summed E-state index contributed by atoms with van der Waals surface area (Å²) in [5, 5.41) is 11.7. The van der Waals surface area contributed by atoms with Crippen molar-refractivity contribution in [3.05, 3.63) is 29.8 Å². The van der Waals surface area contributed by atoms with Crippen molar-refractivity contribution in [3.63, 3.8) is 0 Å². The zero-order valence-corrected chi connectivity index (χ0v) is 16.2. The number of aryl methyl sites for hydroxylation is 1. The highest BCUT2D eigenvalue weighted by atomic mass is 16.5. The molecular weight excluding hydrogens is 350 g/mol. The van der Waals surface area contributed by atoms with E-state index in [9.17, 15) is 9.59 Å². The predicted octanol–water partition coefficient (Wildman–Crippen LogP) is 1.19. The van der Waals surface area contributed by atoms with E-state index in [0.29, 0.717) is 32.8 Å². The summed E-state index contributed by atoms with van der Waals surface area (Å²) in [6.07, 6.45) is -0.358. The summed E-state index contributed by atoms with van der Waals surface area (Å²) in [6, 6.07) is 7.61. The molecule has 150 valence electrons. The minimum atomic E-state index is -0.884. The number of carbonyl (C=O) groups is 2. The Hall–Kier alpha value is -2.32. The fraction of sp³-hybridized carbons (Fsp3) is 0.579. The average molecular weight is 379 g/mol. The van der Waals surface area contributed by atoms with Crippen LogP contribution in [-0.2, 0) is 9.53 Å². The summed E-state index contributed by atoms with van der Waals surface area (Å²) in [7, 11) is 1.72. The Morgan fingerprint density at radius 3 is 2.89 bits per heavy atom.